The SMILES string of the molecule is CC(C)(C)OC(=O)NC1CN(C(=O)Nc2cnc3ccc(N4CCCC4c4cc(F)ccc4F)nn23)C1. The van der Waals surface area contributed by atoms with Crippen molar-refractivity contribution in [3.8, 4) is 0 Å². The summed E-state index contributed by atoms with van der Waals surface area (Å²) in [7, 11) is 0. The van der Waals surface area contributed by atoms with Gasteiger partial charge < -0.3 is 19.9 Å². The van der Waals surface area contributed by atoms with Gasteiger partial charge in [0.1, 0.15) is 23.1 Å². The Hall–Kier alpha value is -3.96. The van der Waals surface area contributed by atoms with Gasteiger partial charge in [0.25, 0.3) is 0 Å². The minimum atomic E-state index is -0.597. The number of likely N-dealkylation sites (tertiary alicyclic amines) is 1. The summed E-state index contributed by atoms with van der Waals surface area (Å²) in [5, 5.41) is 10.2. The molecule has 0 radical (unpaired) electrons. The zero-order chi connectivity index (χ0) is 26.3. The number of carbonyl (C=O) groups is 2. The predicted molar refractivity (Wildman–Crippen MR) is 132 cm³/mol. The maximum Gasteiger partial charge on any atom is 0.407 e. The van der Waals surface area contributed by atoms with Crippen molar-refractivity contribution in [3.63, 3.8) is 0 Å². The van der Waals surface area contributed by atoms with Crippen LogP contribution in [0.2, 0.25) is 0 Å². The number of rotatable bonds is 4. The first-order valence-corrected chi connectivity index (χ1v) is 12.2. The summed E-state index contributed by atoms with van der Waals surface area (Å²) in [5.41, 5.74) is 0.228. The number of anilines is 2. The molecule has 0 aliphatic carbocycles. The van der Waals surface area contributed by atoms with E-state index in [9.17, 15) is 18.4 Å². The highest BCUT2D eigenvalue weighted by atomic mass is 19.1. The van der Waals surface area contributed by atoms with Crippen molar-refractivity contribution in [3.05, 3.63) is 53.7 Å². The first kappa shape index (κ1) is 24.7. The van der Waals surface area contributed by atoms with Crippen molar-refractivity contribution in [2.75, 3.05) is 29.9 Å². The number of hydrogen-bond acceptors (Lipinski definition) is 6. The molecule has 5 rings (SSSR count). The Morgan fingerprint density at radius 1 is 1.14 bits per heavy atom. The normalized spacial score (nSPS) is 18.1. The second-order valence-corrected chi connectivity index (χ2v) is 10.3. The van der Waals surface area contributed by atoms with Gasteiger partial charge in [-0.05, 0) is 63.9 Å². The number of nitrogens with one attached hydrogen (secondary N) is 2. The lowest BCUT2D eigenvalue weighted by molar-refractivity contribution is 0.0438. The molecule has 1 atom stereocenters. The molecule has 0 bridgehead atoms. The summed E-state index contributed by atoms with van der Waals surface area (Å²) in [6, 6.07) is 6.14. The molecule has 4 heterocycles. The number of halogens is 2. The highest BCUT2D eigenvalue weighted by Gasteiger charge is 2.34. The second kappa shape index (κ2) is 9.49. The van der Waals surface area contributed by atoms with Crippen molar-refractivity contribution in [2.45, 2.75) is 51.3 Å². The maximum absolute atomic E-state index is 14.5. The Morgan fingerprint density at radius 3 is 2.68 bits per heavy atom. The van der Waals surface area contributed by atoms with Crippen LogP contribution in [0.15, 0.2) is 36.5 Å². The van der Waals surface area contributed by atoms with Gasteiger partial charge in [-0.15, -0.1) is 5.10 Å². The minimum absolute atomic E-state index is 0.192. The molecule has 2 aliphatic heterocycles. The van der Waals surface area contributed by atoms with Gasteiger partial charge >= 0.3 is 12.1 Å². The molecule has 3 aromatic rings. The number of ether oxygens (including phenoxy) is 1. The van der Waals surface area contributed by atoms with Crippen LogP contribution >= 0.6 is 0 Å². The molecule has 10 nitrogen and oxygen atoms in total. The first-order valence-electron chi connectivity index (χ1n) is 12.2. The van der Waals surface area contributed by atoms with E-state index in [1.165, 1.54) is 16.8 Å². The van der Waals surface area contributed by atoms with E-state index in [-0.39, 0.29) is 18.1 Å². The smallest absolute Gasteiger partial charge is 0.407 e. The molecule has 1 aromatic carbocycles. The number of imidazole rings is 1. The second-order valence-electron chi connectivity index (χ2n) is 10.3. The third kappa shape index (κ3) is 5.27. The van der Waals surface area contributed by atoms with Crippen molar-refractivity contribution in [1.82, 2.24) is 24.8 Å². The van der Waals surface area contributed by atoms with Gasteiger partial charge in [0.2, 0.25) is 0 Å². The number of hydrogen-bond donors (Lipinski definition) is 2. The molecule has 2 N–H and O–H groups in total. The van der Waals surface area contributed by atoms with E-state index in [4.69, 9.17) is 4.74 Å². The maximum atomic E-state index is 14.5. The lowest BCUT2D eigenvalue weighted by Gasteiger charge is -2.39. The van der Waals surface area contributed by atoms with E-state index in [0.717, 1.165) is 18.6 Å². The third-order valence-corrected chi connectivity index (χ3v) is 6.34. The van der Waals surface area contributed by atoms with Crippen molar-refractivity contribution in [1.29, 1.82) is 0 Å². The fourth-order valence-electron chi connectivity index (χ4n) is 4.63. The van der Waals surface area contributed by atoms with E-state index in [1.807, 2.05) is 4.90 Å². The molecule has 1 unspecified atom stereocenters. The summed E-state index contributed by atoms with van der Waals surface area (Å²) in [4.78, 5) is 32.5. The van der Waals surface area contributed by atoms with Crippen LogP contribution in [-0.4, -0.2) is 62.9 Å². The van der Waals surface area contributed by atoms with Gasteiger partial charge in [-0.25, -0.2) is 23.4 Å². The number of urea groups is 1. The molecular weight excluding hydrogens is 484 g/mol. The van der Waals surface area contributed by atoms with Gasteiger partial charge in [-0.3, -0.25) is 5.32 Å². The van der Waals surface area contributed by atoms with Crippen molar-refractivity contribution in [2.24, 2.45) is 0 Å². The summed E-state index contributed by atoms with van der Waals surface area (Å²) in [6.45, 7) is 6.67. The van der Waals surface area contributed by atoms with Crippen molar-refractivity contribution >= 4 is 29.4 Å². The van der Waals surface area contributed by atoms with Crippen LogP contribution in [0.3, 0.4) is 0 Å². The Balaban J connectivity index is 1.26. The minimum Gasteiger partial charge on any atom is -0.444 e. The number of fused-ring (bicyclic) bond motifs is 1. The molecule has 2 fully saturated rings. The highest BCUT2D eigenvalue weighted by Crippen LogP contribution is 2.36. The molecule has 12 heteroatoms. The number of aromatic nitrogens is 3. The Bertz CT molecular complexity index is 1330. The van der Waals surface area contributed by atoms with E-state index in [2.05, 4.69) is 20.7 Å². The zero-order valence-electron chi connectivity index (χ0n) is 20.9. The Kier molecular flexibility index (Phi) is 6.34. The summed E-state index contributed by atoms with van der Waals surface area (Å²) < 4.78 is 35.1. The number of amides is 3. The van der Waals surface area contributed by atoms with Crippen LogP contribution < -0.4 is 15.5 Å². The van der Waals surface area contributed by atoms with Gasteiger partial charge in [-0.1, -0.05) is 0 Å². The molecule has 0 spiro atoms. The first-order chi connectivity index (χ1) is 17.6. The summed E-state index contributed by atoms with van der Waals surface area (Å²) >= 11 is 0. The number of carbonyl (C=O) groups excluding carboxylic acids is 2. The van der Waals surface area contributed by atoms with Crippen LogP contribution in [0.25, 0.3) is 5.65 Å². The average Bonchev–Trinajstić information content (AvgIpc) is 3.43. The number of benzene rings is 1. The lowest BCUT2D eigenvalue weighted by Crippen LogP contribution is -2.62. The quantitative estimate of drug-likeness (QED) is 0.545. The van der Waals surface area contributed by atoms with Gasteiger partial charge in [0.15, 0.2) is 11.5 Å². The molecule has 2 aromatic heterocycles. The molecular formula is C25H29F2N7O3. The van der Waals surface area contributed by atoms with Crippen LogP contribution in [0.1, 0.15) is 45.2 Å². The van der Waals surface area contributed by atoms with E-state index in [1.54, 1.807) is 37.8 Å². The monoisotopic (exact) mass is 513 g/mol. The highest BCUT2D eigenvalue weighted by molar-refractivity contribution is 5.89. The molecule has 3 amide bonds. The average molecular weight is 514 g/mol. The number of alkyl carbamates (subject to hydrolysis) is 1. The fourth-order valence-corrected chi connectivity index (χ4v) is 4.63. The van der Waals surface area contributed by atoms with Crippen LogP contribution in [0.5, 0.6) is 0 Å². The molecule has 2 aliphatic rings. The molecule has 2 saturated heterocycles. The van der Waals surface area contributed by atoms with E-state index >= 15 is 0 Å². The summed E-state index contributed by atoms with van der Waals surface area (Å²) in [6.07, 6.45) is 2.46. The number of nitrogens with zero attached hydrogens (tertiary/aromatic N) is 5. The van der Waals surface area contributed by atoms with E-state index in [0.29, 0.717) is 48.9 Å². The molecule has 37 heavy (non-hydrogen) atoms. The standard InChI is InChI=1S/C25H29F2N7O3/c1-25(2,3)37-24(36)29-16-13-32(14-16)23(35)30-22-12-28-20-8-9-21(31-34(20)22)33-10-4-5-19(33)17-11-15(26)6-7-18(17)27/h6-9,11-12,16,19H,4-5,10,13-14H2,1-3H3,(H,29,36)(H,30,35). The largest absolute Gasteiger partial charge is 0.444 e. The fraction of sp³-hybridized carbons (Fsp3) is 0.440. The molecule has 0 saturated carbocycles. The Labute approximate surface area is 212 Å². The van der Waals surface area contributed by atoms with Crippen LogP contribution in [0, 0.1) is 11.6 Å². The van der Waals surface area contributed by atoms with Crippen molar-refractivity contribution < 1.29 is 23.1 Å². The van der Waals surface area contributed by atoms with Gasteiger partial charge in [0.05, 0.1) is 18.3 Å². The van der Waals surface area contributed by atoms with E-state index < -0.39 is 23.3 Å². The summed E-state index contributed by atoms with van der Waals surface area (Å²) in [5.74, 6) is 0.000546. The van der Waals surface area contributed by atoms with Gasteiger partial charge in [-0.2, -0.15) is 4.52 Å². The van der Waals surface area contributed by atoms with Crippen LogP contribution in [0.4, 0.5) is 30.0 Å². The topological polar surface area (TPSA) is 104 Å². The lowest BCUT2D eigenvalue weighted by atomic mass is 10.0. The Morgan fingerprint density at radius 2 is 1.92 bits per heavy atom. The third-order valence-electron chi connectivity index (χ3n) is 6.34. The van der Waals surface area contributed by atoms with Crippen LogP contribution in [-0.2, 0) is 4.74 Å². The predicted octanol–water partition coefficient (Wildman–Crippen LogP) is 4.09. The molecule has 196 valence electrons. The zero-order valence-corrected chi connectivity index (χ0v) is 20.9. The van der Waals surface area contributed by atoms with Gasteiger partial charge in [0, 0.05) is 25.2 Å².